The zero-order chi connectivity index (χ0) is 12.2. The predicted molar refractivity (Wildman–Crippen MR) is 67.9 cm³/mol. The zero-order valence-electron chi connectivity index (χ0n) is 10.3. The summed E-state index contributed by atoms with van der Waals surface area (Å²) in [4.78, 5) is 6.89. The molecular formula is C13H17N5. The second-order valence-electron chi connectivity index (χ2n) is 4.77. The van der Waals surface area contributed by atoms with Crippen LogP contribution in [0.5, 0.6) is 0 Å². The molecule has 0 bridgehead atoms. The van der Waals surface area contributed by atoms with Crippen LogP contribution in [0.4, 0.5) is 0 Å². The van der Waals surface area contributed by atoms with E-state index in [0.717, 1.165) is 25.3 Å². The van der Waals surface area contributed by atoms with E-state index in [0.29, 0.717) is 5.92 Å². The lowest BCUT2D eigenvalue weighted by Gasteiger charge is -2.30. The van der Waals surface area contributed by atoms with Crippen LogP contribution in [0.15, 0.2) is 30.6 Å². The van der Waals surface area contributed by atoms with Gasteiger partial charge >= 0.3 is 0 Å². The Morgan fingerprint density at radius 3 is 2.83 bits per heavy atom. The van der Waals surface area contributed by atoms with Crippen LogP contribution >= 0.6 is 0 Å². The average molecular weight is 243 g/mol. The molecule has 0 spiro atoms. The Hall–Kier alpha value is -1.75. The van der Waals surface area contributed by atoms with Gasteiger partial charge in [-0.3, -0.25) is 9.88 Å². The van der Waals surface area contributed by atoms with Crippen LogP contribution in [-0.4, -0.2) is 38.4 Å². The number of aromatic amines is 1. The Labute approximate surface area is 106 Å². The van der Waals surface area contributed by atoms with Crippen molar-refractivity contribution in [1.29, 1.82) is 0 Å². The highest BCUT2D eigenvalue weighted by Gasteiger charge is 2.21. The Morgan fingerprint density at radius 1 is 1.28 bits per heavy atom. The fraction of sp³-hybridized carbons (Fsp3) is 0.462. The minimum Gasteiger partial charge on any atom is -0.297 e. The molecular weight excluding hydrogens is 226 g/mol. The second-order valence-corrected chi connectivity index (χ2v) is 4.77. The first-order valence-electron chi connectivity index (χ1n) is 6.40. The van der Waals surface area contributed by atoms with Crippen molar-refractivity contribution < 1.29 is 0 Å². The monoisotopic (exact) mass is 243 g/mol. The van der Waals surface area contributed by atoms with Gasteiger partial charge in [0.15, 0.2) is 0 Å². The molecule has 3 heterocycles. The summed E-state index contributed by atoms with van der Waals surface area (Å²) in [6.07, 6.45) is 6.03. The van der Waals surface area contributed by atoms with Crippen LogP contribution in [0, 0.1) is 0 Å². The lowest BCUT2D eigenvalue weighted by Crippen LogP contribution is -2.32. The largest absolute Gasteiger partial charge is 0.297 e. The smallest absolute Gasteiger partial charge is 0.0964 e. The zero-order valence-corrected chi connectivity index (χ0v) is 10.3. The summed E-state index contributed by atoms with van der Waals surface area (Å²) in [5.41, 5.74) is 2.25. The van der Waals surface area contributed by atoms with E-state index in [-0.39, 0.29) is 0 Å². The summed E-state index contributed by atoms with van der Waals surface area (Å²) in [5.74, 6) is 0.611. The molecule has 3 rings (SSSR count). The van der Waals surface area contributed by atoms with E-state index < -0.39 is 0 Å². The van der Waals surface area contributed by atoms with E-state index in [2.05, 4.69) is 37.4 Å². The Morgan fingerprint density at radius 2 is 2.17 bits per heavy atom. The molecule has 1 aliphatic heterocycles. The molecule has 5 heteroatoms. The third kappa shape index (κ3) is 2.56. The fourth-order valence-electron chi connectivity index (χ4n) is 2.53. The number of aromatic nitrogens is 4. The SMILES string of the molecule is c1ccc(C2CCN(Cc3cn[nH]n3)CC2)nc1. The van der Waals surface area contributed by atoms with Crippen molar-refractivity contribution in [2.24, 2.45) is 0 Å². The lowest BCUT2D eigenvalue weighted by atomic mass is 9.93. The van der Waals surface area contributed by atoms with Crippen LogP contribution in [0.3, 0.4) is 0 Å². The highest BCUT2D eigenvalue weighted by atomic mass is 15.3. The van der Waals surface area contributed by atoms with Crippen molar-refractivity contribution in [3.8, 4) is 0 Å². The molecule has 94 valence electrons. The second kappa shape index (κ2) is 5.27. The molecule has 0 aliphatic carbocycles. The molecule has 2 aromatic rings. The Balaban J connectivity index is 1.55. The van der Waals surface area contributed by atoms with Crippen molar-refractivity contribution in [2.45, 2.75) is 25.3 Å². The van der Waals surface area contributed by atoms with Gasteiger partial charge in [-0.15, -0.1) is 0 Å². The molecule has 1 N–H and O–H groups in total. The molecule has 0 atom stereocenters. The van der Waals surface area contributed by atoms with E-state index in [9.17, 15) is 0 Å². The van der Waals surface area contributed by atoms with Gasteiger partial charge in [-0.05, 0) is 38.1 Å². The maximum absolute atomic E-state index is 4.46. The van der Waals surface area contributed by atoms with E-state index in [1.807, 2.05) is 12.3 Å². The van der Waals surface area contributed by atoms with Gasteiger partial charge in [0.25, 0.3) is 0 Å². The molecule has 1 saturated heterocycles. The molecule has 0 amide bonds. The summed E-state index contributed by atoms with van der Waals surface area (Å²) in [5, 5.41) is 10.6. The topological polar surface area (TPSA) is 57.7 Å². The minimum absolute atomic E-state index is 0.611. The molecule has 18 heavy (non-hydrogen) atoms. The third-order valence-electron chi connectivity index (χ3n) is 3.54. The van der Waals surface area contributed by atoms with Crippen LogP contribution in [-0.2, 0) is 6.54 Å². The highest BCUT2D eigenvalue weighted by molar-refractivity contribution is 5.10. The quantitative estimate of drug-likeness (QED) is 0.889. The number of piperidine rings is 1. The molecule has 0 radical (unpaired) electrons. The average Bonchev–Trinajstić information content (AvgIpc) is 2.94. The number of hydrogen-bond donors (Lipinski definition) is 1. The number of pyridine rings is 1. The molecule has 0 saturated carbocycles. The summed E-state index contributed by atoms with van der Waals surface area (Å²) < 4.78 is 0. The predicted octanol–water partition coefficient (Wildman–Crippen LogP) is 1.58. The van der Waals surface area contributed by atoms with Gasteiger partial charge < -0.3 is 0 Å². The van der Waals surface area contributed by atoms with Crippen molar-refractivity contribution in [1.82, 2.24) is 25.3 Å². The van der Waals surface area contributed by atoms with Crippen LogP contribution in [0.2, 0.25) is 0 Å². The number of hydrogen-bond acceptors (Lipinski definition) is 4. The summed E-state index contributed by atoms with van der Waals surface area (Å²) in [6.45, 7) is 3.10. The van der Waals surface area contributed by atoms with Gasteiger partial charge in [-0.1, -0.05) is 6.07 Å². The number of likely N-dealkylation sites (tertiary alicyclic amines) is 1. The van der Waals surface area contributed by atoms with Gasteiger partial charge in [0, 0.05) is 24.4 Å². The van der Waals surface area contributed by atoms with Crippen LogP contribution in [0.25, 0.3) is 0 Å². The standard InChI is InChI=1S/C13H17N5/c1-2-6-14-13(3-1)11-4-7-18(8-5-11)10-12-9-15-17-16-12/h1-3,6,9,11H,4-5,7-8,10H2,(H,15,16,17). The van der Waals surface area contributed by atoms with Crippen molar-refractivity contribution >= 4 is 0 Å². The number of rotatable bonds is 3. The van der Waals surface area contributed by atoms with Crippen molar-refractivity contribution in [3.05, 3.63) is 42.0 Å². The maximum Gasteiger partial charge on any atom is 0.0964 e. The van der Waals surface area contributed by atoms with Crippen molar-refractivity contribution in [3.63, 3.8) is 0 Å². The van der Waals surface area contributed by atoms with Gasteiger partial charge in [0.1, 0.15) is 0 Å². The first-order chi connectivity index (χ1) is 8.92. The van der Waals surface area contributed by atoms with Crippen molar-refractivity contribution in [2.75, 3.05) is 13.1 Å². The first kappa shape index (κ1) is 11.3. The van der Waals surface area contributed by atoms with Gasteiger partial charge in [-0.25, -0.2) is 0 Å². The minimum atomic E-state index is 0.611. The van der Waals surface area contributed by atoms with E-state index in [1.165, 1.54) is 18.5 Å². The molecule has 0 aromatic carbocycles. The summed E-state index contributed by atoms with van der Waals surface area (Å²) in [6, 6.07) is 6.19. The van der Waals surface area contributed by atoms with E-state index >= 15 is 0 Å². The van der Waals surface area contributed by atoms with Gasteiger partial charge in [-0.2, -0.15) is 15.4 Å². The van der Waals surface area contributed by atoms with Gasteiger partial charge in [0.05, 0.1) is 11.9 Å². The molecule has 2 aromatic heterocycles. The molecule has 5 nitrogen and oxygen atoms in total. The summed E-state index contributed by atoms with van der Waals surface area (Å²) >= 11 is 0. The third-order valence-corrected chi connectivity index (χ3v) is 3.54. The lowest BCUT2D eigenvalue weighted by molar-refractivity contribution is 0.201. The maximum atomic E-state index is 4.46. The molecule has 1 aliphatic rings. The van der Waals surface area contributed by atoms with Crippen LogP contribution < -0.4 is 0 Å². The first-order valence-corrected chi connectivity index (χ1v) is 6.40. The Bertz CT molecular complexity index is 459. The number of nitrogens with zero attached hydrogens (tertiary/aromatic N) is 4. The summed E-state index contributed by atoms with van der Waals surface area (Å²) in [7, 11) is 0. The highest BCUT2D eigenvalue weighted by Crippen LogP contribution is 2.26. The molecule has 0 unspecified atom stereocenters. The normalized spacial score (nSPS) is 18.0. The van der Waals surface area contributed by atoms with Crippen LogP contribution in [0.1, 0.15) is 30.1 Å². The Kier molecular flexibility index (Phi) is 3.32. The number of H-pyrrole nitrogens is 1. The number of nitrogens with one attached hydrogen (secondary N) is 1. The molecule has 1 fully saturated rings. The van der Waals surface area contributed by atoms with E-state index in [4.69, 9.17) is 0 Å². The van der Waals surface area contributed by atoms with E-state index in [1.54, 1.807) is 6.20 Å². The van der Waals surface area contributed by atoms with Gasteiger partial charge in [0.2, 0.25) is 0 Å². The fourth-order valence-corrected chi connectivity index (χ4v) is 2.53.